The first-order valence-corrected chi connectivity index (χ1v) is 16.8. The van der Waals surface area contributed by atoms with Gasteiger partial charge >= 0.3 is 5.97 Å². The SMILES string of the molecule is O=C(O)CC(c1ccc(OCc2ccc3c(c2)-c2ccc(OCC4CCS(O)(O)CC4)cc2CCC3)cc1)C1CC1. The van der Waals surface area contributed by atoms with Crippen molar-refractivity contribution in [2.75, 3.05) is 18.1 Å². The molecular weight excluding hydrogens is 536 g/mol. The van der Waals surface area contributed by atoms with Gasteiger partial charge in [0, 0.05) is 11.5 Å². The van der Waals surface area contributed by atoms with Gasteiger partial charge in [0.05, 0.1) is 13.0 Å². The smallest absolute Gasteiger partial charge is 0.303 e. The molecule has 6 rings (SSSR count). The zero-order valence-electron chi connectivity index (χ0n) is 23.5. The second kappa shape index (κ2) is 12.1. The summed E-state index contributed by atoms with van der Waals surface area (Å²) in [4.78, 5) is 11.3. The zero-order chi connectivity index (χ0) is 28.4. The van der Waals surface area contributed by atoms with Gasteiger partial charge < -0.3 is 14.6 Å². The first-order valence-electron chi connectivity index (χ1n) is 14.9. The topological polar surface area (TPSA) is 96.2 Å². The molecule has 1 saturated carbocycles. The van der Waals surface area contributed by atoms with Gasteiger partial charge in [-0.15, -0.1) is 0 Å². The number of ether oxygens (including phenoxy) is 2. The third-order valence-electron chi connectivity index (χ3n) is 8.92. The summed E-state index contributed by atoms with van der Waals surface area (Å²) >= 11 is 0. The first-order chi connectivity index (χ1) is 19.8. The van der Waals surface area contributed by atoms with E-state index in [2.05, 4.69) is 36.4 Å². The molecule has 41 heavy (non-hydrogen) atoms. The number of carboxylic acids is 1. The number of hydrogen-bond acceptors (Lipinski definition) is 5. The van der Waals surface area contributed by atoms with E-state index in [1.807, 2.05) is 24.3 Å². The summed E-state index contributed by atoms with van der Waals surface area (Å²) in [6, 6.07) is 21.1. The summed E-state index contributed by atoms with van der Waals surface area (Å²) < 4.78 is 32.1. The highest BCUT2D eigenvalue weighted by molar-refractivity contribution is 8.24. The molecular formula is C34H40O6S. The van der Waals surface area contributed by atoms with E-state index in [9.17, 15) is 19.0 Å². The Labute approximate surface area is 244 Å². The third kappa shape index (κ3) is 7.08. The molecule has 0 bridgehead atoms. The fourth-order valence-electron chi connectivity index (χ4n) is 6.34. The molecule has 3 aromatic rings. The largest absolute Gasteiger partial charge is 0.493 e. The van der Waals surface area contributed by atoms with E-state index in [0.29, 0.717) is 36.6 Å². The Morgan fingerprint density at radius 1 is 0.829 bits per heavy atom. The Kier molecular flexibility index (Phi) is 8.29. The lowest BCUT2D eigenvalue weighted by molar-refractivity contribution is -0.137. The molecule has 7 heteroatoms. The number of carboxylic acid groups (broad SMARTS) is 1. The molecule has 1 saturated heterocycles. The van der Waals surface area contributed by atoms with Gasteiger partial charge in [-0.1, -0.05) is 30.3 Å². The minimum absolute atomic E-state index is 0.0908. The van der Waals surface area contributed by atoms with Crippen molar-refractivity contribution in [3.05, 3.63) is 82.9 Å². The van der Waals surface area contributed by atoms with Gasteiger partial charge in [0.15, 0.2) is 0 Å². The van der Waals surface area contributed by atoms with Gasteiger partial charge in [0.25, 0.3) is 0 Å². The summed E-state index contributed by atoms with van der Waals surface area (Å²) in [6.07, 6.45) is 7.17. The van der Waals surface area contributed by atoms with Gasteiger partial charge in [-0.3, -0.25) is 13.9 Å². The van der Waals surface area contributed by atoms with Crippen LogP contribution < -0.4 is 9.47 Å². The van der Waals surface area contributed by atoms with Gasteiger partial charge in [0.1, 0.15) is 18.1 Å². The van der Waals surface area contributed by atoms with Crippen LogP contribution in [0.25, 0.3) is 11.1 Å². The molecule has 3 aromatic carbocycles. The molecule has 2 fully saturated rings. The third-order valence-corrected chi connectivity index (χ3v) is 10.7. The van der Waals surface area contributed by atoms with E-state index < -0.39 is 16.6 Å². The Hall–Kier alpha value is -3.00. The van der Waals surface area contributed by atoms with Crippen LogP contribution >= 0.6 is 10.6 Å². The molecule has 0 aromatic heterocycles. The van der Waals surface area contributed by atoms with Crippen LogP contribution in [0.4, 0.5) is 0 Å². The fraction of sp³-hybridized carbons (Fsp3) is 0.441. The second-order valence-electron chi connectivity index (χ2n) is 12.0. The van der Waals surface area contributed by atoms with E-state index in [-0.39, 0.29) is 12.3 Å². The van der Waals surface area contributed by atoms with E-state index in [1.54, 1.807) is 0 Å². The number of aliphatic carboxylic acids is 1. The molecule has 0 amide bonds. The molecule has 0 spiro atoms. The first kappa shape index (κ1) is 28.1. The van der Waals surface area contributed by atoms with Crippen molar-refractivity contribution < 1.29 is 28.5 Å². The van der Waals surface area contributed by atoms with Gasteiger partial charge in [-0.2, -0.15) is 10.6 Å². The van der Waals surface area contributed by atoms with Crippen molar-refractivity contribution in [2.45, 2.75) is 63.9 Å². The van der Waals surface area contributed by atoms with E-state index in [1.165, 1.54) is 22.3 Å². The van der Waals surface area contributed by atoms with Crippen molar-refractivity contribution in [1.82, 2.24) is 0 Å². The van der Waals surface area contributed by atoms with Crippen molar-refractivity contribution in [2.24, 2.45) is 11.8 Å². The number of rotatable bonds is 10. The van der Waals surface area contributed by atoms with E-state index in [4.69, 9.17) is 9.47 Å². The number of aryl methyl sites for hydroxylation is 2. The molecule has 1 unspecified atom stereocenters. The standard InChI is InChI=1S/C34H40O6S/c35-34(36)20-32(26-6-7-26)27-8-10-29(11-9-27)39-22-24-4-5-25-2-1-3-28-19-30(12-13-31(28)33(25)18-24)40-21-23-14-16-41(37,38)17-15-23/h4-5,8-13,18-19,23,26,32,37-38H,1-3,6-7,14-17,20-22H2,(H,35,36). The van der Waals surface area contributed by atoms with Crippen molar-refractivity contribution in [3.8, 4) is 22.6 Å². The Morgan fingerprint density at radius 2 is 1.56 bits per heavy atom. The lowest BCUT2D eigenvalue weighted by Crippen LogP contribution is -2.24. The Bertz CT molecular complexity index is 1370. The van der Waals surface area contributed by atoms with Crippen LogP contribution in [-0.2, 0) is 24.2 Å². The average molecular weight is 577 g/mol. The minimum atomic E-state index is -2.36. The molecule has 1 aliphatic heterocycles. The van der Waals surface area contributed by atoms with Crippen molar-refractivity contribution >= 4 is 16.6 Å². The lowest BCUT2D eigenvalue weighted by atomic mass is 9.91. The van der Waals surface area contributed by atoms with Crippen LogP contribution in [0.2, 0.25) is 0 Å². The van der Waals surface area contributed by atoms with Gasteiger partial charge in [-0.25, -0.2) is 0 Å². The predicted octanol–water partition coefficient (Wildman–Crippen LogP) is 7.93. The normalized spacial score (nSPS) is 19.8. The average Bonchev–Trinajstić information content (AvgIpc) is 3.82. The molecule has 3 N–H and O–H groups in total. The minimum Gasteiger partial charge on any atom is -0.493 e. The number of carbonyl (C=O) groups is 1. The maximum absolute atomic E-state index is 11.3. The number of benzene rings is 3. The maximum atomic E-state index is 11.3. The summed E-state index contributed by atoms with van der Waals surface area (Å²) in [5, 5.41) is 9.31. The maximum Gasteiger partial charge on any atom is 0.303 e. The van der Waals surface area contributed by atoms with Crippen LogP contribution in [0.15, 0.2) is 60.7 Å². The monoisotopic (exact) mass is 576 g/mol. The fourth-order valence-corrected chi connectivity index (χ4v) is 7.97. The number of hydrogen-bond donors (Lipinski definition) is 3. The van der Waals surface area contributed by atoms with Gasteiger partial charge in [0.2, 0.25) is 0 Å². The van der Waals surface area contributed by atoms with Crippen LogP contribution in [-0.4, -0.2) is 38.3 Å². The van der Waals surface area contributed by atoms with Crippen LogP contribution in [0, 0.1) is 11.8 Å². The van der Waals surface area contributed by atoms with Crippen molar-refractivity contribution in [3.63, 3.8) is 0 Å². The molecule has 6 nitrogen and oxygen atoms in total. The van der Waals surface area contributed by atoms with Crippen LogP contribution in [0.5, 0.6) is 11.5 Å². The molecule has 0 radical (unpaired) electrons. The Balaban J connectivity index is 1.11. The Morgan fingerprint density at radius 3 is 2.29 bits per heavy atom. The van der Waals surface area contributed by atoms with E-state index >= 15 is 0 Å². The van der Waals surface area contributed by atoms with Gasteiger partial charge in [-0.05, 0) is 126 Å². The zero-order valence-corrected chi connectivity index (χ0v) is 24.3. The molecule has 3 aliphatic rings. The highest BCUT2D eigenvalue weighted by Crippen LogP contribution is 2.46. The lowest BCUT2D eigenvalue weighted by Gasteiger charge is -2.39. The van der Waals surface area contributed by atoms with Crippen molar-refractivity contribution in [1.29, 1.82) is 0 Å². The summed E-state index contributed by atoms with van der Waals surface area (Å²) in [5.41, 5.74) is 7.39. The van der Waals surface area contributed by atoms with Crippen LogP contribution in [0.1, 0.15) is 66.7 Å². The number of fused-ring (bicyclic) bond motifs is 3. The molecule has 1 heterocycles. The molecule has 1 atom stereocenters. The summed E-state index contributed by atoms with van der Waals surface area (Å²) in [6.45, 7) is 1.09. The summed E-state index contributed by atoms with van der Waals surface area (Å²) in [7, 11) is -2.36. The quantitative estimate of drug-likeness (QED) is 0.227. The van der Waals surface area contributed by atoms with E-state index in [0.717, 1.165) is 67.6 Å². The second-order valence-corrected chi connectivity index (χ2v) is 14.4. The highest BCUT2D eigenvalue weighted by atomic mass is 32.3. The predicted molar refractivity (Wildman–Crippen MR) is 163 cm³/mol. The summed E-state index contributed by atoms with van der Waals surface area (Å²) in [5.74, 6) is 2.88. The highest BCUT2D eigenvalue weighted by Gasteiger charge is 2.33. The molecule has 2 aliphatic carbocycles. The molecule has 218 valence electrons. The van der Waals surface area contributed by atoms with Crippen LogP contribution in [0.3, 0.4) is 0 Å².